The van der Waals surface area contributed by atoms with E-state index in [0.717, 1.165) is 9.80 Å². The van der Waals surface area contributed by atoms with Gasteiger partial charge >= 0.3 is 6.03 Å². The van der Waals surface area contributed by atoms with Gasteiger partial charge in [-0.25, -0.2) is 4.79 Å². The van der Waals surface area contributed by atoms with Gasteiger partial charge in [0.15, 0.2) is 0 Å². The molecule has 6 atom stereocenters. The highest BCUT2D eigenvalue weighted by Crippen LogP contribution is 2.53. The number of imide groups is 2. The molecule has 0 bridgehead atoms. The largest absolute Gasteiger partial charge is 0.318 e. The summed E-state index contributed by atoms with van der Waals surface area (Å²) in [6.07, 6.45) is -1.54. The fourth-order valence-corrected chi connectivity index (χ4v) is 10.6. The monoisotopic (exact) mass is 660 g/mol. The highest BCUT2D eigenvalue weighted by Gasteiger charge is 2.68. The highest BCUT2D eigenvalue weighted by molar-refractivity contribution is 8.02. The third-order valence-electron chi connectivity index (χ3n) is 9.57. The number of carbonyl (C=O) groups excluding carboxylic acids is 7. The molecule has 0 aromatic heterocycles. The average Bonchev–Trinajstić information content (AvgIpc) is 3.59. The van der Waals surface area contributed by atoms with Crippen LogP contribution in [0.25, 0.3) is 0 Å². The average molecular weight is 661 g/mol. The number of urea groups is 1. The first-order valence-corrected chi connectivity index (χ1v) is 16.5. The summed E-state index contributed by atoms with van der Waals surface area (Å²) in [6.45, 7) is 7.46. The molecular weight excluding hydrogens is 633 g/mol. The van der Waals surface area contributed by atoms with E-state index in [-0.39, 0.29) is 22.3 Å². The predicted octanol–water partition coefficient (Wildman–Crippen LogP) is 1.65. The van der Waals surface area contributed by atoms with Crippen molar-refractivity contribution in [3.05, 3.63) is 70.8 Å². The summed E-state index contributed by atoms with van der Waals surface area (Å²) in [4.78, 5) is 98.0. The maximum Gasteiger partial charge on any atom is 0.318 e. The summed E-state index contributed by atoms with van der Waals surface area (Å²) in [5.41, 5.74) is 1.04. The molecule has 2 aromatic carbocycles. The Labute approximate surface area is 271 Å². The van der Waals surface area contributed by atoms with Gasteiger partial charge in [-0.05, 0) is 52.0 Å². The van der Waals surface area contributed by atoms with Gasteiger partial charge in [-0.2, -0.15) is 0 Å². The Balaban J connectivity index is 0.968. The molecule has 4 fully saturated rings. The molecule has 13 nitrogen and oxygen atoms in total. The van der Waals surface area contributed by atoms with Crippen molar-refractivity contribution in [2.45, 2.75) is 72.4 Å². The van der Waals surface area contributed by atoms with Crippen LogP contribution in [0, 0.1) is 0 Å². The topological polar surface area (TPSA) is 157 Å². The molecule has 2 N–H and O–H groups in total. The van der Waals surface area contributed by atoms with Gasteiger partial charge in [0.2, 0.25) is 0 Å². The second-order valence-corrected chi connectivity index (χ2v) is 16.6. The molecule has 0 spiro atoms. The smallest absolute Gasteiger partial charge is 0.316 e. The molecule has 0 radical (unpaired) electrons. The summed E-state index contributed by atoms with van der Waals surface area (Å²) in [5.74, 6) is -2.94. The molecule has 4 saturated heterocycles. The number of β-lactam (4-membered cyclic amide) rings is 2. The van der Waals surface area contributed by atoms with E-state index in [4.69, 9.17) is 0 Å². The van der Waals surface area contributed by atoms with Crippen molar-refractivity contribution >= 4 is 65.0 Å². The maximum absolute atomic E-state index is 13.5. The molecule has 46 heavy (non-hydrogen) atoms. The third kappa shape index (κ3) is 3.63. The van der Waals surface area contributed by atoms with E-state index in [1.54, 1.807) is 48.5 Å². The standard InChI is InChI=1S/C31H28N6O7S2/c1-30(2)27(36-23(42)17(25(36)45-30)34-19(38)13-9-5-6-10-14(13)20(34)39)32-29(44)33-28-31(3,4)46-26-18(24(43)37(26)28)35-21(40)15-11-7-8-12-16(15)22(35)41/h5-12,17-18,25-28H,1-4H3,(H2,32,33,44)/t17-,18+,25-,26-,27-,28-/m0/s1. The lowest BCUT2D eigenvalue weighted by Crippen LogP contribution is -2.74. The van der Waals surface area contributed by atoms with Gasteiger partial charge in [-0.1, -0.05) is 24.3 Å². The van der Waals surface area contributed by atoms with Crippen molar-refractivity contribution < 1.29 is 33.6 Å². The second kappa shape index (κ2) is 9.35. The molecule has 0 unspecified atom stereocenters. The van der Waals surface area contributed by atoms with Gasteiger partial charge in [-0.3, -0.25) is 38.6 Å². The molecule has 8 rings (SSSR count). The van der Waals surface area contributed by atoms with Crippen molar-refractivity contribution in [2.75, 3.05) is 0 Å². The quantitative estimate of drug-likeness (QED) is 0.368. The molecule has 8 amide bonds. The second-order valence-electron chi connectivity index (χ2n) is 13.1. The number of carbonyl (C=O) groups is 7. The van der Waals surface area contributed by atoms with Gasteiger partial charge in [0.25, 0.3) is 35.4 Å². The van der Waals surface area contributed by atoms with Crippen LogP contribution in [-0.4, -0.2) is 106 Å². The van der Waals surface area contributed by atoms with Crippen LogP contribution in [0.5, 0.6) is 0 Å². The lowest BCUT2D eigenvalue weighted by atomic mass is 9.99. The van der Waals surface area contributed by atoms with Gasteiger partial charge < -0.3 is 20.4 Å². The van der Waals surface area contributed by atoms with Crippen molar-refractivity contribution in [2.24, 2.45) is 0 Å². The number of hydrogen-bond donors (Lipinski definition) is 2. The Morgan fingerprint density at radius 2 is 0.891 bits per heavy atom. The number of fused-ring (bicyclic) bond motifs is 4. The molecule has 0 aliphatic carbocycles. The number of rotatable bonds is 4. The molecule has 0 saturated carbocycles. The molecule has 6 aliphatic heterocycles. The first kappa shape index (κ1) is 29.1. The van der Waals surface area contributed by atoms with Gasteiger partial charge in [0.1, 0.15) is 35.2 Å². The van der Waals surface area contributed by atoms with E-state index >= 15 is 0 Å². The summed E-state index contributed by atoms with van der Waals surface area (Å²) < 4.78 is -1.37. The fourth-order valence-electron chi connectivity index (χ4n) is 7.33. The Morgan fingerprint density at radius 1 is 0.587 bits per heavy atom. The van der Waals surface area contributed by atoms with E-state index in [9.17, 15) is 33.6 Å². The van der Waals surface area contributed by atoms with Crippen LogP contribution in [0.15, 0.2) is 48.5 Å². The van der Waals surface area contributed by atoms with Crippen molar-refractivity contribution in [1.82, 2.24) is 30.2 Å². The minimum absolute atomic E-state index is 0.260. The van der Waals surface area contributed by atoms with E-state index in [2.05, 4.69) is 10.6 Å². The van der Waals surface area contributed by atoms with Crippen LogP contribution in [-0.2, 0) is 9.59 Å². The number of nitrogens with zero attached hydrogens (tertiary/aromatic N) is 4. The zero-order valence-electron chi connectivity index (χ0n) is 25.0. The van der Waals surface area contributed by atoms with E-state index in [0.29, 0.717) is 0 Å². The number of benzene rings is 2. The summed E-state index contributed by atoms with van der Waals surface area (Å²) in [7, 11) is 0. The normalized spacial score (nSPS) is 31.4. The van der Waals surface area contributed by atoms with Crippen LogP contribution < -0.4 is 10.6 Å². The van der Waals surface area contributed by atoms with Gasteiger partial charge in [0.05, 0.1) is 31.7 Å². The van der Waals surface area contributed by atoms with Gasteiger partial charge in [-0.15, -0.1) is 23.5 Å². The molecule has 2 aromatic rings. The Morgan fingerprint density at radius 3 is 1.20 bits per heavy atom. The minimum Gasteiger partial charge on any atom is -0.316 e. The van der Waals surface area contributed by atoms with Crippen molar-refractivity contribution in [1.29, 1.82) is 0 Å². The fraction of sp³-hybridized carbons (Fsp3) is 0.387. The maximum atomic E-state index is 13.5. The number of hydrogen-bond acceptors (Lipinski definition) is 9. The number of nitrogens with one attached hydrogen (secondary N) is 2. The molecule has 236 valence electrons. The highest BCUT2D eigenvalue weighted by atomic mass is 32.2. The Hall–Kier alpha value is -4.37. The summed E-state index contributed by atoms with van der Waals surface area (Å²) in [6, 6.07) is 10.3. The van der Waals surface area contributed by atoms with E-state index < -0.39 is 86.1 Å². The minimum atomic E-state index is -0.991. The van der Waals surface area contributed by atoms with Crippen LogP contribution in [0.1, 0.15) is 69.1 Å². The lowest BCUT2D eigenvalue weighted by molar-refractivity contribution is -0.153. The lowest BCUT2D eigenvalue weighted by Gasteiger charge is -2.48. The first-order chi connectivity index (χ1) is 21.7. The SMILES string of the molecule is CC1(C)S[C@H]2[C@H](N3C(=O)c4ccccc4C3=O)C(=O)N2[C@@H]1NC(=O)N[C@H]1N2C(=O)[C@H](N3C(=O)c4ccccc4C3=O)[C@@H]2SC1(C)C. The molecular formula is C31H28N6O7S2. The summed E-state index contributed by atoms with van der Waals surface area (Å²) >= 11 is 2.78. The van der Waals surface area contributed by atoms with Crippen molar-refractivity contribution in [3.8, 4) is 0 Å². The van der Waals surface area contributed by atoms with Gasteiger partial charge in [0, 0.05) is 0 Å². The third-order valence-corrected chi connectivity index (χ3v) is 12.7. The van der Waals surface area contributed by atoms with Crippen LogP contribution in [0.4, 0.5) is 4.79 Å². The van der Waals surface area contributed by atoms with Crippen LogP contribution in [0.2, 0.25) is 0 Å². The Bertz CT molecular complexity index is 1650. The van der Waals surface area contributed by atoms with E-state index in [1.807, 2.05) is 27.7 Å². The zero-order chi connectivity index (χ0) is 32.6. The zero-order valence-corrected chi connectivity index (χ0v) is 26.7. The van der Waals surface area contributed by atoms with Crippen LogP contribution in [0.3, 0.4) is 0 Å². The molecule has 6 aliphatic rings. The Kier molecular flexibility index (Phi) is 5.90. The number of amides is 8. The van der Waals surface area contributed by atoms with Crippen LogP contribution >= 0.6 is 23.5 Å². The first-order valence-electron chi connectivity index (χ1n) is 14.8. The van der Waals surface area contributed by atoms with Crippen molar-refractivity contribution in [3.63, 3.8) is 0 Å². The number of thioether (sulfide) groups is 2. The summed E-state index contributed by atoms with van der Waals surface area (Å²) in [5, 5.41) is 4.69. The molecule has 6 heterocycles. The molecule has 15 heteroatoms. The predicted molar refractivity (Wildman–Crippen MR) is 165 cm³/mol. The van der Waals surface area contributed by atoms with E-state index in [1.165, 1.54) is 33.3 Å².